The van der Waals surface area contributed by atoms with Crippen LogP contribution in [0, 0.1) is 28.9 Å². The van der Waals surface area contributed by atoms with Gasteiger partial charge in [0.1, 0.15) is 17.7 Å². The minimum absolute atomic E-state index is 0.0602. The second kappa shape index (κ2) is 12.4. The van der Waals surface area contributed by atoms with Crippen molar-refractivity contribution in [2.75, 3.05) is 33.4 Å². The number of benzene rings is 3. The molecule has 1 fully saturated rings. The van der Waals surface area contributed by atoms with Crippen LogP contribution in [-0.2, 0) is 5.54 Å². The molecule has 0 bridgehead atoms. The number of methoxy groups -OCH3 is 1. The van der Waals surface area contributed by atoms with Crippen molar-refractivity contribution in [1.82, 2.24) is 4.90 Å². The molecule has 2 unspecified atom stereocenters. The van der Waals surface area contributed by atoms with Crippen LogP contribution in [0.1, 0.15) is 42.1 Å². The Hall–Kier alpha value is -3.51. The van der Waals surface area contributed by atoms with Crippen molar-refractivity contribution in [3.8, 4) is 17.6 Å². The van der Waals surface area contributed by atoms with Crippen LogP contribution in [0.2, 0.25) is 0 Å². The van der Waals surface area contributed by atoms with E-state index in [2.05, 4.69) is 11.0 Å². The molecular formula is C30H32F2N2O4. The predicted molar refractivity (Wildman–Crippen MR) is 139 cm³/mol. The van der Waals surface area contributed by atoms with Gasteiger partial charge in [-0.05, 0) is 78.4 Å². The lowest BCUT2D eigenvalue weighted by molar-refractivity contribution is 0.0953. The van der Waals surface area contributed by atoms with E-state index in [0.717, 1.165) is 24.1 Å². The fourth-order valence-electron chi connectivity index (χ4n) is 5.57. The van der Waals surface area contributed by atoms with Crippen molar-refractivity contribution in [2.45, 2.75) is 30.9 Å². The molecule has 1 aliphatic rings. The zero-order chi connectivity index (χ0) is 27.1. The van der Waals surface area contributed by atoms with Gasteiger partial charge in [-0.1, -0.05) is 30.3 Å². The molecule has 200 valence electrons. The van der Waals surface area contributed by atoms with E-state index in [4.69, 9.17) is 9.47 Å². The zero-order valence-corrected chi connectivity index (χ0v) is 21.3. The molecule has 2 N–H and O–H groups in total. The quantitative estimate of drug-likeness (QED) is 0.347. The second-order valence-electron chi connectivity index (χ2n) is 9.43. The van der Waals surface area contributed by atoms with Gasteiger partial charge in [0, 0.05) is 13.0 Å². The van der Waals surface area contributed by atoms with Gasteiger partial charge in [0.2, 0.25) is 0 Å². The summed E-state index contributed by atoms with van der Waals surface area (Å²) < 4.78 is 39.2. The lowest BCUT2D eigenvalue weighted by atomic mass is 9.72. The Morgan fingerprint density at radius 1 is 1.03 bits per heavy atom. The maximum Gasteiger partial charge on any atom is 0.161 e. The van der Waals surface area contributed by atoms with Crippen LogP contribution in [0.5, 0.6) is 11.5 Å². The van der Waals surface area contributed by atoms with Gasteiger partial charge in [-0.3, -0.25) is 4.90 Å². The lowest BCUT2D eigenvalue weighted by Gasteiger charge is -2.43. The van der Waals surface area contributed by atoms with Gasteiger partial charge in [0.05, 0.1) is 31.9 Å². The predicted octanol–water partition coefficient (Wildman–Crippen LogP) is 4.95. The Labute approximate surface area is 221 Å². The molecule has 3 aromatic rings. The Balaban J connectivity index is 1.58. The minimum atomic E-state index is -1.000. The van der Waals surface area contributed by atoms with Gasteiger partial charge in [0.25, 0.3) is 0 Å². The van der Waals surface area contributed by atoms with E-state index >= 15 is 0 Å². The van der Waals surface area contributed by atoms with Gasteiger partial charge in [0.15, 0.2) is 11.5 Å². The number of rotatable bonds is 11. The summed E-state index contributed by atoms with van der Waals surface area (Å²) in [7, 11) is 1.51. The van der Waals surface area contributed by atoms with Gasteiger partial charge in [-0.25, -0.2) is 8.78 Å². The van der Waals surface area contributed by atoms with Crippen LogP contribution in [0.15, 0.2) is 66.7 Å². The first kappa shape index (κ1) is 27.5. The molecular weight excluding hydrogens is 490 g/mol. The molecule has 1 saturated heterocycles. The third-order valence-corrected chi connectivity index (χ3v) is 7.32. The Kier molecular flexibility index (Phi) is 8.95. The molecule has 3 aromatic carbocycles. The highest BCUT2D eigenvalue weighted by atomic mass is 19.1. The summed E-state index contributed by atoms with van der Waals surface area (Å²) in [5.41, 5.74) is 1.55. The molecule has 2 atom stereocenters. The number of hydrogen-bond donors (Lipinski definition) is 2. The summed E-state index contributed by atoms with van der Waals surface area (Å²) in [4.78, 5) is 2.29. The van der Waals surface area contributed by atoms with Crippen LogP contribution < -0.4 is 9.47 Å². The van der Waals surface area contributed by atoms with Crippen LogP contribution in [-0.4, -0.2) is 48.5 Å². The molecule has 0 saturated carbocycles. The van der Waals surface area contributed by atoms with E-state index in [1.807, 2.05) is 0 Å². The first-order valence-electron chi connectivity index (χ1n) is 12.7. The number of likely N-dealkylation sites (tertiary alicyclic amines) is 1. The van der Waals surface area contributed by atoms with Gasteiger partial charge in [-0.15, -0.1) is 0 Å². The van der Waals surface area contributed by atoms with Crippen LogP contribution in [0.25, 0.3) is 0 Å². The van der Waals surface area contributed by atoms with E-state index in [9.17, 15) is 24.3 Å². The maximum atomic E-state index is 13.9. The highest BCUT2D eigenvalue weighted by molar-refractivity contribution is 5.44. The Bertz CT molecular complexity index is 1200. The summed E-state index contributed by atoms with van der Waals surface area (Å²) >= 11 is 0. The summed E-state index contributed by atoms with van der Waals surface area (Å²) in [6.07, 6.45) is 0.727. The molecule has 0 radical (unpaired) electrons. The molecule has 4 rings (SSSR count). The third-order valence-electron chi connectivity index (χ3n) is 7.32. The standard InChI is InChI=1S/C30H32F2N2O4/c1-37-29-19-21(27(36)20-35)3-12-28(29)38-18-2-16-34-17-14-24(13-15-33)30(34,22-4-8-25(31)9-5-22)23-6-10-26(32)11-7-23/h3-12,19,24,27,35-36H,2,13-14,16-18,20H2,1H3. The molecule has 1 heterocycles. The van der Waals surface area contributed by atoms with Crippen molar-refractivity contribution in [3.05, 3.63) is 95.1 Å². The summed E-state index contributed by atoms with van der Waals surface area (Å²) in [6.45, 7) is 1.33. The van der Waals surface area contributed by atoms with Crippen molar-refractivity contribution in [2.24, 2.45) is 5.92 Å². The average Bonchev–Trinajstić information content (AvgIpc) is 3.30. The van der Waals surface area contributed by atoms with E-state index in [1.165, 1.54) is 31.4 Å². The maximum absolute atomic E-state index is 13.9. The number of nitriles is 1. The average molecular weight is 523 g/mol. The molecule has 0 spiro atoms. The first-order valence-corrected chi connectivity index (χ1v) is 12.7. The fraction of sp³-hybridized carbons (Fsp3) is 0.367. The molecule has 0 amide bonds. The van der Waals surface area contributed by atoms with Gasteiger partial charge >= 0.3 is 0 Å². The molecule has 1 aliphatic heterocycles. The number of halogens is 2. The Morgan fingerprint density at radius 2 is 1.66 bits per heavy atom. The van der Waals surface area contributed by atoms with Crippen LogP contribution in [0.4, 0.5) is 8.78 Å². The molecule has 8 heteroatoms. The highest BCUT2D eigenvalue weighted by Gasteiger charge is 2.50. The summed E-state index contributed by atoms with van der Waals surface area (Å²) in [5.74, 6) is 0.231. The number of nitrogens with zero attached hydrogens (tertiary/aromatic N) is 2. The molecule has 0 aliphatic carbocycles. The topological polar surface area (TPSA) is 86.0 Å². The largest absolute Gasteiger partial charge is 0.493 e. The fourth-order valence-corrected chi connectivity index (χ4v) is 5.57. The SMILES string of the molecule is COc1cc(C(O)CO)ccc1OCCCN1CCC(CC#N)C1(c1ccc(F)cc1)c1ccc(F)cc1. The summed E-state index contributed by atoms with van der Waals surface area (Å²) in [6, 6.07) is 20.1. The van der Waals surface area contributed by atoms with Gasteiger partial charge in [-0.2, -0.15) is 5.26 Å². The smallest absolute Gasteiger partial charge is 0.161 e. The summed E-state index contributed by atoms with van der Waals surface area (Å²) in [5, 5.41) is 28.7. The highest BCUT2D eigenvalue weighted by Crippen LogP contribution is 2.50. The normalized spacial score (nSPS) is 17.6. The van der Waals surface area contributed by atoms with E-state index in [1.54, 1.807) is 42.5 Å². The van der Waals surface area contributed by atoms with Crippen LogP contribution in [0.3, 0.4) is 0 Å². The monoisotopic (exact) mass is 522 g/mol. The van der Waals surface area contributed by atoms with E-state index in [-0.39, 0.29) is 17.6 Å². The number of aliphatic hydroxyl groups is 2. The lowest BCUT2D eigenvalue weighted by Crippen LogP contribution is -2.47. The molecule has 6 nitrogen and oxygen atoms in total. The van der Waals surface area contributed by atoms with Crippen molar-refractivity contribution < 1.29 is 28.5 Å². The number of hydrogen-bond acceptors (Lipinski definition) is 6. The third kappa shape index (κ3) is 5.51. The zero-order valence-electron chi connectivity index (χ0n) is 21.3. The van der Waals surface area contributed by atoms with E-state index < -0.39 is 18.2 Å². The number of ether oxygens (including phenoxy) is 2. The minimum Gasteiger partial charge on any atom is -0.493 e. The van der Waals surface area contributed by atoms with Crippen molar-refractivity contribution in [3.63, 3.8) is 0 Å². The Morgan fingerprint density at radius 3 is 2.21 bits per heavy atom. The van der Waals surface area contributed by atoms with E-state index in [0.29, 0.717) is 43.1 Å². The van der Waals surface area contributed by atoms with Crippen LogP contribution >= 0.6 is 0 Å². The molecule has 38 heavy (non-hydrogen) atoms. The number of aliphatic hydroxyl groups excluding tert-OH is 2. The van der Waals surface area contributed by atoms with Gasteiger partial charge < -0.3 is 19.7 Å². The van der Waals surface area contributed by atoms with Crippen molar-refractivity contribution in [1.29, 1.82) is 5.26 Å². The second-order valence-corrected chi connectivity index (χ2v) is 9.43. The first-order chi connectivity index (χ1) is 18.4. The molecule has 0 aromatic heterocycles. The van der Waals surface area contributed by atoms with Crippen molar-refractivity contribution >= 4 is 0 Å².